The minimum atomic E-state index is -0.0926. The summed E-state index contributed by atoms with van der Waals surface area (Å²) in [6.45, 7) is 8.93. The molecule has 2 aromatic rings. The van der Waals surface area contributed by atoms with Gasteiger partial charge >= 0.3 is 0 Å². The van der Waals surface area contributed by atoms with Crippen molar-refractivity contribution in [3.05, 3.63) is 53.0 Å². The fourth-order valence-corrected chi connectivity index (χ4v) is 3.42. The van der Waals surface area contributed by atoms with Gasteiger partial charge in [0.2, 0.25) is 5.91 Å². The predicted octanol–water partition coefficient (Wildman–Crippen LogP) is 2.60. The van der Waals surface area contributed by atoms with Gasteiger partial charge in [-0.3, -0.25) is 14.5 Å². The number of amides is 2. The van der Waals surface area contributed by atoms with E-state index in [9.17, 15) is 9.59 Å². The molecule has 3 rings (SSSR count). The van der Waals surface area contributed by atoms with Gasteiger partial charge in [0, 0.05) is 31.9 Å². The maximum atomic E-state index is 12.4. The summed E-state index contributed by atoms with van der Waals surface area (Å²) in [5, 5.41) is 3.03. The third-order valence-electron chi connectivity index (χ3n) is 4.70. The Morgan fingerprint density at radius 2 is 1.73 bits per heavy atom. The summed E-state index contributed by atoms with van der Waals surface area (Å²) in [6, 6.07) is 7.53. The summed E-state index contributed by atoms with van der Waals surface area (Å²) in [5.41, 5.74) is 4.23. The van der Waals surface area contributed by atoms with Crippen molar-refractivity contribution >= 4 is 17.5 Å². The Labute approximate surface area is 153 Å². The lowest BCUT2D eigenvalue weighted by atomic mass is 10.1. The van der Waals surface area contributed by atoms with Crippen molar-refractivity contribution in [1.29, 1.82) is 0 Å². The fourth-order valence-electron chi connectivity index (χ4n) is 3.42. The highest BCUT2D eigenvalue weighted by atomic mass is 16.3. The van der Waals surface area contributed by atoms with Gasteiger partial charge in [-0.25, -0.2) is 0 Å². The number of carbonyl (C=O) groups excluding carboxylic acids is 2. The SMILES string of the molecule is Cc1cc(C)c(NC(=O)CN2CCN(C(=O)c3ccco3)CC2)c(C)c1. The van der Waals surface area contributed by atoms with E-state index in [0.717, 1.165) is 16.8 Å². The summed E-state index contributed by atoms with van der Waals surface area (Å²) in [7, 11) is 0. The van der Waals surface area contributed by atoms with Crippen LogP contribution in [0, 0.1) is 20.8 Å². The third-order valence-corrected chi connectivity index (χ3v) is 4.70. The van der Waals surface area contributed by atoms with Crippen LogP contribution in [-0.2, 0) is 4.79 Å². The van der Waals surface area contributed by atoms with Gasteiger partial charge in [0.25, 0.3) is 5.91 Å². The normalized spacial score (nSPS) is 15.1. The van der Waals surface area contributed by atoms with Crippen LogP contribution in [0.5, 0.6) is 0 Å². The van der Waals surface area contributed by atoms with Crippen LogP contribution >= 0.6 is 0 Å². The molecule has 138 valence electrons. The second-order valence-corrected chi connectivity index (χ2v) is 6.87. The molecule has 1 N–H and O–H groups in total. The van der Waals surface area contributed by atoms with Crippen LogP contribution in [0.1, 0.15) is 27.2 Å². The number of aryl methyl sites for hydroxylation is 3. The lowest BCUT2D eigenvalue weighted by molar-refractivity contribution is -0.117. The average Bonchev–Trinajstić information content (AvgIpc) is 3.13. The molecule has 2 amide bonds. The Morgan fingerprint density at radius 3 is 2.31 bits per heavy atom. The molecule has 0 spiro atoms. The van der Waals surface area contributed by atoms with E-state index in [1.165, 1.54) is 11.8 Å². The molecule has 26 heavy (non-hydrogen) atoms. The van der Waals surface area contributed by atoms with Gasteiger partial charge in [-0.05, 0) is 44.0 Å². The lowest BCUT2D eigenvalue weighted by Gasteiger charge is -2.33. The molecular weight excluding hydrogens is 330 g/mol. The zero-order chi connectivity index (χ0) is 18.7. The fraction of sp³-hybridized carbons (Fsp3) is 0.400. The summed E-state index contributed by atoms with van der Waals surface area (Å²) in [6.07, 6.45) is 1.50. The summed E-state index contributed by atoms with van der Waals surface area (Å²) >= 11 is 0. The smallest absolute Gasteiger partial charge is 0.289 e. The van der Waals surface area contributed by atoms with Crippen molar-refractivity contribution in [3.8, 4) is 0 Å². The number of hydrogen-bond acceptors (Lipinski definition) is 4. The molecule has 6 nitrogen and oxygen atoms in total. The zero-order valence-electron chi connectivity index (χ0n) is 15.5. The molecule has 2 heterocycles. The molecule has 6 heteroatoms. The quantitative estimate of drug-likeness (QED) is 0.916. The number of nitrogens with zero attached hydrogens (tertiary/aromatic N) is 2. The minimum Gasteiger partial charge on any atom is -0.459 e. The molecule has 0 aliphatic carbocycles. The molecule has 1 aliphatic rings. The Bertz CT molecular complexity index is 768. The monoisotopic (exact) mass is 355 g/mol. The van der Waals surface area contributed by atoms with Crippen LogP contribution in [0.3, 0.4) is 0 Å². The van der Waals surface area contributed by atoms with Gasteiger partial charge in [0.1, 0.15) is 0 Å². The van der Waals surface area contributed by atoms with Crippen molar-refractivity contribution in [1.82, 2.24) is 9.80 Å². The molecule has 1 fully saturated rings. The molecular formula is C20H25N3O3. The third kappa shape index (κ3) is 4.14. The van der Waals surface area contributed by atoms with E-state index in [0.29, 0.717) is 38.5 Å². The van der Waals surface area contributed by atoms with Gasteiger partial charge in [-0.2, -0.15) is 0 Å². The van der Waals surface area contributed by atoms with E-state index < -0.39 is 0 Å². The number of benzene rings is 1. The van der Waals surface area contributed by atoms with Gasteiger partial charge in [0.15, 0.2) is 5.76 Å². The summed E-state index contributed by atoms with van der Waals surface area (Å²) < 4.78 is 5.17. The van der Waals surface area contributed by atoms with E-state index in [4.69, 9.17) is 4.42 Å². The Balaban J connectivity index is 1.52. The van der Waals surface area contributed by atoms with Crippen LogP contribution in [0.15, 0.2) is 34.9 Å². The first-order valence-electron chi connectivity index (χ1n) is 8.87. The van der Waals surface area contributed by atoms with Gasteiger partial charge in [-0.1, -0.05) is 17.7 Å². The van der Waals surface area contributed by atoms with E-state index in [1.807, 2.05) is 13.8 Å². The first-order valence-corrected chi connectivity index (χ1v) is 8.87. The van der Waals surface area contributed by atoms with Crippen LogP contribution in [-0.4, -0.2) is 54.3 Å². The lowest BCUT2D eigenvalue weighted by Crippen LogP contribution is -2.50. The van der Waals surface area contributed by atoms with Gasteiger partial charge in [0.05, 0.1) is 12.8 Å². The van der Waals surface area contributed by atoms with Crippen molar-refractivity contribution in [2.45, 2.75) is 20.8 Å². The van der Waals surface area contributed by atoms with Crippen molar-refractivity contribution in [2.75, 3.05) is 38.0 Å². The number of nitrogens with one attached hydrogen (secondary N) is 1. The molecule has 0 saturated carbocycles. The highest BCUT2D eigenvalue weighted by Gasteiger charge is 2.24. The number of hydrogen-bond donors (Lipinski definition) is 1. The number of rotatable bonds is 4. The number of piperazine rings is 1. The second-order valence-electron chi connectivity index (χ2n) is 6.87. The number of carbonyl (C=O) groups is 2. The van der Waals surface area contributed by atoms with Crippen LogP contribution in [0.2, 0.25) is 0 Å². The molecule has 0 atom stereocenters. The van der Waals surface area contributed by atoms with Crippen LogP contribution in [0.4, 0.5) is 5.69 Å². The first-order chi connectivity index (χ1) is 12.4. The van der Waals surface area contributed by atoms with Crippen molar-refractivity contribution in [2.24, 2.45) is 0 Å². The summed E-state index contributed by atoms with van der Waals surface area (Å²) in [5.74, 6) is 0.248. The molecule has 1 aliphatic heterocycles. The Kier molecular flexibility index (Phi) is 5.42. The maximum Gasteiger partial charge on any atom is 0.289 e. The first kappa shape index (κ1) is 18.2. The predicted molar refractivity (Wildman–Crippen MR) is 100 cm³/mol. The van der Waals surface area contributed by atoms with Crippen molar-refractivity contribution in [3.63, 3.8) is 0 Å². The molecule has 0 radical (unpaired) electrons. The maximum absolute atomic E-state index is 12.4. The topological polar surface area (TPSA) is 65.8 Å². The van der Waals surface area contributed by atoms with Crippen LogP contribution in [0.25, 0.3) is 0 Å². The average molecular weight is 355 g/mol. The Morgan fingerprint density at radius 1 is 1.08 bits per heavy atom. The number of anilines is 1. The molecule has 0 unspecified atom stereocenters. The number of furan rings is 1. The van der Waals surface area contributed by atoms with E-state index in [1.54, 1.807) is 17.0 Å². The molecule has 1 saturated heterocycles. The summed E-state index contributed by atoms with van der Waals surface area (Å²) in [4.78, 5) is 28.5. The Hall–Kier alpha value is -2.60. The standard InChI is InChI=1S/C20H25N3O3/c1-14-11-15(2)19(16(3)12-14)21-18(24)13-22-6-8-23(9-7-22)20(25)17-5-4-10-26-17/h4-5,10-12H,6-9,13H2,1-3H3,(H,21,24). The highest BCUT2D eigenvalue weighted by molar-refractivity contribution is 5.94. The van der Waals surface area contributed by atoms with Gasteiger partial charge < -0.3 is 14.6 Å². The largest absolute Gasteiger partial charge is 0.459 e. The van der Waals surface area contributed by atoms with E-state index in [2.05, 4.69) is 29.3 Å². The zero-order valence-corrected chi connectivity index (χ0v) is 15.5. The highest BCUT2D eigenvalue weighted by Crippen LogP contribution is 2.22. The second kappa shape index (κ2) is 7.74. The van der Waals surface area contributed by atoms with Gasteiger partial charge in [-0.15, -0.1) is 0 Å². The molecule has 0 bridgehead atoms. The minimum absolute atomic E-state index is 0.0223. The van der Waals surface area contributed by atoms with Crippen LogP contribution < -0.4 is 5.32 Å². The van der Waals surface area contributed by atoms with E-state index >= 15 is 0 Å². The molecule has 1 aromatic heterocycles. The van der Waals surface area contributed by atoms with Crippen molar-refractivity contribution < 1.29 is 14.0 Å². The van der Waals surface area contributed by atoms with E-state index in [-0.39, 0.29) is 11.8 Å². The molecule has 1 aromatic carbocycles.